The first-order chi connectivity index (χ1) is 10.3. The zero-order valence-corrected chi connectivity index (χ0v) is 13.5. The van der Waals surface area contributed by atoms with Crippen molar-refractivity contribution in [2.75, 3.05) is 32.1 Å². The third kappa shape index (κ3) is 6.02. The standard InChI is InChI=1S/C17H29N3O/c1-3-14-7-8-15(20-17(14)18-2)6-4-5-11-19-12-13-21-16-9-10-16/h7-8,16,19H,3-6,9-13H2,1-2H3,(H,18,20). The minimum absolute atomic E-state index is 0.574. The number of nitrogens with zero attached hydrogens (tertiary/aromatic N) is 1. The lowest BCUT2D eigenvalue weighted by Gasteiger charge is -2.09. The van der Waals surface area contributed by atoms with Gasteiger partial charge in [-0.25, -0.2) is 4.98 Å². The van der Waals surface area contributed by atoms with E-state index < -0.39 is 0 Å². The summed E-state index contributed by atoms with van der Waals surface area (Å²) >= 11 is 0. The van der Waals surface area contributed by atoms with E-state index in [9.17, 15) is 0 Å². The van der Waals surface area contributed by atoms with E-state index in [4.69, 9.17) is 4.74 Å². The zero-order chi connectivity index (χ0) is 14.9. The van der Waals surface area contributed by atoms with Crippen molar-refractivity contribution >= 4 is 5.82 Å². The first-order valence-electron chi connectivity index (χ1n) is 8.32. The zero-order valence-electron chi connectivity index (χ0n) is 13.5. The van der Waals surface area contributed by atoms with Crippen LogP contribution >= 0.6 is 0 Å². The van der Waals surface area contributed by atoms with E-state index in [0.29, 0.717) is 6.10 Å². The minimum atomic E-state index is 0.574. The Kier molecular flexibility index (Phi) is 6.96. The van der Waals surface area contributed by atoms with Gasteiger partial charge in [-0.1, -0.05) is 13.0 Å². The second-order valence-electron chi connectivity index (χ2n) is 5.69. The Morgan fingerprint density at radius 3 is 2.81 bits per heavy atom. The highest BCUT2D eigenvalue weighted by Crippen LogP contribution is 2.22. The van der Waals surface area contributed by atoms with Crippen LogP contribution in [0.25, 0.3) is 0 Å². The number of rotatable bonds is 11. The van der Waals surface area contributed by atoms with Crippen molar-refractivity contribution in [1.82, 2.24) is 10.3 Å². The van der Waals surface area contributed by atoms with Gasteiger partial charge in [-0.2, -0.15) is 0 Å². The molecule has 0 aliphatic heterocycles. The molecule has 1 saturated carbocycles. The van der Waals surface area contributed by atoms with Crippen molar-refractivity contribution in [2.45, 2.75) is 51.6 Å². The van der Waals surface area contributed by atoms with Gasteiger partial charge in [0.15, 0.2) is 0 Å². The van der Waals surface area contributed by atoms with Gasteiger partial charge in [-0.15, -0.1) is 0 Å². The molecule has 2 rings (SSSR count). The molecule has 4 heteroatoms. The van der Waals surface area contributed by atoms with E-state index in [-0.39, 0.29) is 0 Å². The third-order valence-corrected chi connectivity index (χ3v) is 3.85. The number of ether oxygens (including phenoxy) is 1. The second kappa shape index (κ2) is 9.00. The highest BCUT2D eigenvalue weighted by atomic mass is 16.5. The van der Waals surface area contributed by atoms with Gasteiger partial charge in [0.2, 0.25) is 0 Å². The van der Waals surface area contributed by atoms with Crippen LogP contribution in [0.15, 0.2) is 12.1 Å². The number of aromatic nitrogens is 1. The van der Waals surface area contributed by atoms with Crippen molar-refractivity contribution < 1.29 is 4.74 Å². The van der Waals surface area contributed by atoms with Crippen LogP contribution in [0.3, 0.4) is 0 Å². The van der Waals surface area contributed by atoms with E-state index in [1.165, 1.54) is 36.9 Å². The van der Waals surface area contributed by atoms with E-state index in [1.54, 1.807) is 0 Å². The number of unbranched alkanes of at least 4 members (excludes halogenated alkanes) is 1. The molecule has 1 aromatic heterocycles. The molecule has 21 heavy (non-hydrogen) atoms. The summed E-state index contributed by atoms with van der Waals surface area (Å²) in [5.41, 5.74) is 2.48. The molecule has 0 amide bonds. The van der Waals surface area contributed by atoms with E-state index in [0.717, 1.165) is 38.4 Å². The molecule has 0 atom stereocenters. The van der Waals surface area contributed by atoms with Crippen LogP contribution in [0.5, 0.6) is 0 Å². The molecule has 118 valence electrons. The maximum atomic E-state index is 5.60. The molecule has 0 bridgehead atoms. The number of anilines is 1. The first kappa shape index (κ1) is 16.2. The van der Waals surface area contributed by atoms with Gasteiger partial charge in [0, 0.05) is 19.3 Å². The topological polar surface area (TPSA) is 46.2 Å². The SMILES string of the molecule is CCc1ccc(CCCCNCCOC2CC2)nc1NC. The lowest BCUT2D eigenvalue weighted by atomic mass is 10.1. The van der Waals surface area contributed by atoms with Crippen LogP contribution in [-0.4, -0.2) is 37.8 Å². The molecular weight excluding hydrogens is 262 g/mol. The fourth-order valence-corrected chi connectivity index (χ4v) is 2.38. The van der Waals surface area contributed by atoms with Gasteiger partial charge >= 0.3 is 0 Å². The molecule has 0 unspecified atom stereocenters. The Hall–Kier alpha value is -1.13. The van der Waals surface area contributed by atoms with Gasteiger partial charge in [-0.3, -0.25) is 0 Å². The Balaban J connectivity index is 1.55. The summed E-state index contributed by atoms with van der Waals surface area (Å²) in [6.07, 6.45) is 7.55. The molecular formula is C17H29N3O. The smallest absolute Gasteiger partial charge is 0.129 e. The number of hydrogen-bond donors (Lipinski definition) is 2. The van der Waals surface area contributed by atoms with Crippen LogP contribution in [0, 0.1) is 0 Å². The predicted molar refractivity (Wildman–Crippen MR) is 87.9 cm³/mol. The summed E-state index contributed by atoms with van der Waals surface area (Å²) in [6.45, 7) is 5.07. The molecule has 1 fully saturated rings. The average molecular weight is 291 g/mol. The number of nitrogens with one attached hydrogen (secondary N) is 2. The number of pyridine rings is 1. The highest BCUT2D eigenvalue weighted by Gasteiger charge is 2.21. The summed E-state index contributed by atoms with van der Waals surface area (Å²) in [7, 11) is 1.94. The summed E-state index contributed by atoms with van der Waals surface area (Å²) in [6, 6.07) is 4.36. The van der Waals surface area contributed by atoms with Crippen molar-refractivity contribution in [3.05, 3.63) is 23.4 Å². The molecule has 4 nitrogen and oxygen atoms in total. The van der Waals surface area contributed by atoms with Crippen LogP contribution in [0.2, 0.25) is 0 Å². The maximum absolute atomic E-state index is 5.60. The number of aryl methyl sites for hydroxylation is 2. The quantitative estimate of drug-likeness (QED) is 0.615. The molecule has 1 heterocycles. The molecule has 0 radical (unpaired) electrons. The minimum Gasteiger partial charge on any atom is -0.377 e. The average Bonchev–Trinajstić information content (AvgIpc) is 3.33. The normalized spacial score (nSPS) is 14.4. The fraction of sp³-hybridized carbons (Fsp3) is 0.706. The Bertz CT molecular complexity index is 418. The second-order valence-corrected chi connectivity index (χ2v) is 5.69. The van der Waals surface area contributed by atoms with Crippen molar-refractivity contribution in [1.29, 1.82) is 0 Å². The molecule has 1 aliphatic carbocycles. The Morgan fingerprint density at radius 1 is 1.24 bits per heavy atom. The third-order valence-electron chi connectivity index (χ3n) is 3.85. The van der Waals surface area contributed by atoms with E-state index >= 15 is 0 Å². The summed E-state index contributed by atoms with van der Waals surface area (Å²) < 4.78 is 5.60. The van der Waals surface area contributed by atoms with Crippen molar-refractivity contribution in [3.8, 4) is 0 Å². The van der Waals surface area contributed by atoms with Gasteiger partial charge < -0.3 is 15.4 Å². The Labute approximate surface area is 128 Å². The van der Waals surface area contributed by atoms with Gasteiger partial charge in [0.25, 0.3) is 0 Å². The molecule has 0 spiro atoms. The predicted octanol–water partition coefficient (Wildman–Crippen LogP) is 2.78. The number of hydrogen-bond acceptors (Lipinski definition) is 4. The monoisotopic (exact) mass is 291 g/mol. The maximum Gasteiger partial charge on any atom is 0.129 e. The molecule has 0 aromatic carbocycles. The molecule has 0 saturated heterocycles. The largest absolute Gasteiger partial charge is 0.377 e. The van der Waals surface area contributed by atoms with Crippen molar-refractivity contribution in [2.24, 2.45) is 0 Å². The lowest BCUT2D eigenvalue weighted by molar-refractivity contribution is 0.121. The summed E-state index contributed by atoms with van der Waals surface area (Å²) in [5, 5.41) is 6.63. The molecule has 2 N–H and O–H groups in total. The lowest BCUT2D eigenvalue weighted by Crippen LogP contribution is -2.21. The first-order valence-corrected chi connectivity index (χ1v) is 8.32. The highest BCUT2D eigenvalue weighted by molar-refractivity contribution is 5.44. The van der Waals surface area contributed by atoms with Crippen molar-refractivity contribution in [3.63, 3.8) is 0 Å². The van der Waals surface area contributed by atoms with Gasteiger partial charge in [0.05, 0.1) is 12.7 Å². The fourth-order valence-electron chi connectivity index (χ4n) is 2.38. The summed E-state index contributed by atoms with van der Waals surface area (Å²) in [5.74, 6) is 1.03. The van der Waals surface area contributed by atoms with Gasteiger partial charge in [-0.05, 0) is 56.7 Å². The Morgan fingerprint density at radius 2 is 2.10 bits per heavy atom. The van der Waals surface area contributed by atoms with Crippen LogP contribution in [-0.2, 0) is 17.6 Å². The molecule has 1 aliphatic rings. The van der Waals surface area contributed by atoms with Crippen LogP contribution in [0.1, 0.15) is 43.9 Å². The van der Waals surface area contributed by atoms with Crippen LogP contribution in [0.4, 0.5) is 5.82 Å². The van der Waals surface area contributed by atoms with Crippen LogP contribution < -0.4 is 10.6 Å². The molecule has 1 aromatic rings. The summed E-state index contributed by atoms with van der Waals surface area (Å²) in [4.78, 5) is 4.68. The van der Waals surface area contributed by atoms with E-state index in [2.05, 4.69) is 34.7 Å². The van der Waals surface area contributed by atoms with E-state index in [1.807, 2.05) is 7.05 Å². The van der Waals surface area contributed by atoms with Gasteiger partial charge in [0.1, 0.15) is 5.82 Å².